The fraction of sp³-hybridized carbons (Fsp3) is 0.765. The number of rotatable bonds is 3. The first-order valence-corrected chi connectivity index (χ1v) is 9.09. The second-order valence-corrected chi connectivity index (χ2v) is 7.38. The minimum absolute atomic E-state index is 0.0326. The summed E-state index contributed by atoms with van der Waals surface area (Å²) in [6.07, 6.45) is 5.78. The van der Waals surface area contributed by atoms with Crippen molar-refractivity contribution in [2.45, 2.75) is 64.0 Å². The topological polar surface area (TPSA) is 80.1 Å². The maximum absolute atomic E-state index is 12.4. The van der Waals surface area contributed by atoms with Gasteiger partial charge in [-0.2, -0.15) is 0 Å². The lowest BCUT2D eigenvalue weighted by Gasteiger charge is -2.32. The van der Waals surface area contributed by atoms with E-state index in [0.717, 1.165) is 63.3 Å². The fourth-order valence-corrected chi connectivity index (χ4v) is 3.86. The third-order valence-corrected chi connectivity index (χ3v) is 5.58. The summed E-state index contributed by atoms with van der Waals surface area (Å²) in [5.74, 6) is 2.73. The molecule has 1 aliphatic carbocycles. The Bertz CT molecular complexity index is 643. The van der Waals surface area contributed by atoms with Crippen LogP contribution in [0, 0.1) is 5.92 Å². The molecule has 24 heavy (non-hydrogen) atoms. The summed E-state index contributed by atoms with van der Waals surface area (Å²) in [6, 6.07) is 0.412. The molecule has 1 saturated heterocycles. The maximum Gasteiger partial charge on any atom is 0.225 e. The molecule has 7 heteroatoms. The molecule has 0 aromatic carbocycles. The lowest BCUT2D eigenvalue weighted by Crippen LogP contribution is -2.39. The van der Waals surface area contributed by atoms with E-state index >= 15 is 0 Å². The smallest absolute Gasteiger partial charge is 0.225 e. The fourth-order valence-electron chi connectivity index (χ4n) is 3.86. The number of amides is 2. The molecule has 2 aliphatic heterocycles. The molecule has 4 rings (SSSR count). The first-order valence-electron chi connectivity index (χ1n) is 9.09. The van der Waals surface area contributed by atoms with Crippen molar-refractivity contribution in [2.24, 2.45) is 5.92 Å². The normalized spacial score (nSPS) is 24.5. The van der Waals surface area contributed by atoms with Crippen molar-refractivity contribution in [1.29, 1.82) is 0 Å². The van der Waals surface area contributed by atoms with Crippen LogP contribution in [0.5, 0.6) is 0 Å². The molecule has 1 unspecified atom stereocenters. The quantitative estimate of drug-likeness (QED) is 0.890. The first kappa shape index (κ1) is 15.6. The Morgan fingerprint density at radius 1 is 1.08 bits per heavy atom. The van der Waals surface area contributed by atoms with Gasteiger partial charge >= 0.3 is 0 Å². The lowest BCUT2D eigenvalue weighted by molar-refractivity contribution is -0.130. The number of piperidine rings is 1. The highest BCUT2D eigenvalue weighted by Crippen LogP contribution is 2.30. The van der Waals surface area contributed by atoms with E-state index in [1.807, 2.05) is 4.90 Å². The second kappa shape index (κ2) is 6.18. The molecule has 130 valence electrons. The van der Waals surface area contributed by atoms with E-state index in [1.165, 1.54) is 0 Å². The number of fused-ring (bicyclic) bond motifs is 1. The molecule has 0 spiro atoms. The van der Waals surface area contributed by atoms with Crippen LogP contribution >= 0.6 is 0 Å². The Kier molecular flexibility index (Phi) is 4.02. The number of aromatic nitrogens is 3. The van der Waals surface area contributed by atoms with Crippen LogP contribution in [0.3, 0.4) is 0 Å². The third-order valence-electron chi connectivity index (χ3n) is 5.58. The van der Waals surface area contributed by atoms with Crippen LogP contribution in [0.25, 0.3) is 0 Å². The SMILES string of the molecule is CC(=O)N1CCC(c2nnc3n2CC(C(=O)NC2CC2)CC3)CC1. The highest BCUT2D eigenvalue weighted by Gasteiger charge is 2.33. The second-order valence-electron chi connectivity index (χ2n) is 7.38. The molecule has 3 aliphatic rings. The molecule has 1 aromatic rings. The summed E-state index contributed by atoms with van der Waals surface area (Å²) in [5, 5.41) is 11.9. The molecule has 1 aromatic heterocycles. The molecule has 0 bridgehead atoms. The summed E-state index contributed by atoms with van der Waals surface area (Å²) in [4.78, 5) is 25.8. The minimum atomic E-state index is 0.0326. The van der Waals surface area contributed by atoms with Gasteiger partial charge in [0.2, 0.25) is 11.8 Å². The van der Waals surface area contributed by atoms with Crippen molar-refractivity contribution in [1.82, 2.24) is 25.0 Å². The maximum atomic E-state index is 12.4. The molecule has 7 nitrogen and oxygen atoms in total. The van der Waals surface area contributed by atoms with Gasteiger partial charge in [0.1, 0.15) is 11.6 Å². The summed E-state index contributed by atoms with van der Waals surface area (Å²) in [7, 11) is 0. The van der Waals surface area contributed by atoms with E-state index in [0.29, 0.717) is 18.5 Å². The average Bonchev–Trinajstić information content (AvgIpc) is 3.30. The van der Waals surface area contributed by atoms with Gasteiger partial charge in [-0.1, -0.05) is 0 Å². The number of hydrogen-bond donors (Lipinski definition) is 1. The van der Waals surface area contributed by atoms with Crippen LogP contribution in [0.1, 0.15) is 56.6 Å². The van der Waals surface area contributed by atoms with Crippen molar-refractivity contribution < 1.29 is 9.59 Å². The van der Waals surface area contributed by atoms with Gasteiger partial charge < -0.3 is 14.8 Å². The van der Waals surface area contributed by atoms with E-state index in [4.69, 9.17) is 0 Å². The molecule has 2 amide bonds. The van der Waals surface area contributed by atoms with Crippen molar-refractivity contribution in [3.05, 3.63) is 11.6 Å². The van der Waals surface area contributed by atoms with Crippen LogP contribution in [0.15, 0.2) is 0 Å². The zero-order valence-corrected chi connectivity index (χ0v) is 14.2. The first-order chi connectivity index (χ1) is 11.6. The van der Waals surface area contributed by atoms with Crippen LogP contribution < -0.4 is 5.32 Å². The van der Waals surface area contributed by atoms with Gasteiger partial charge in [-0.3, -0.25) is 9.59 Å². The van der Waals surface area contributed by atoms with Gasteiger partial charge in [0.25, 0.3) is 0 Å². The molecular weight excluding hydrogens is 306 g/mol. The largest absolute Gasteiger partial charge is 0.353 e. The van der Waals surface area contributed by atoms with Gasteiger partial charge in [-0.05, 0) is 32.1 Å². The predicted molar refractivity (Wildman–Crippen MR) is 87.2 cm³/mol. The Labute approximate surface area is 141 Å². The van der Waals surface area contributed by atoms with Crippen LogP contribution in [-0.2, 0) is 22.6 Å². The molecular formula is C17H25N5O2. The van der Waals surface area contributed by atoms with Gasteiger partial charge in [0.15, 0.2) is 0 Å². The monoisotopic (exact) mass is 331 g/mol. The molecule has 0 radical (unpaired) electrons. The Morgan fingerprint density at radius 3 is 2.50 bits per heavy atom. The van der Waals surface area contributed by atoms with Gasteiger partial charge in [0.05, 0.1) is 5.92 Å². The Hall–Kier alpha value is -1.92. The Balaban J connectivity index is 1.44. The molecule has 1 saturated carbocycles. The molecule has 2 fully saturated rings. The number of nitrogens with zero attached hydrogens (tertiary/aromatic N) is 4. The number of aryl methyl sites for hydroxylation is 1. The zero-order chi connectivity index (χ0) is 16.7. The number of carbonyl (C=O) groups excluding carboxylic acids is 2. The molecule has 1 N–H and O–H groups in total. The van der Waals surface area contributed by atoms with Crippen LogP contribution in [-0.4, -0.2) is 50.6 Å². The van der Waals surface area contributed by atoms with Gasteiger partial charge in [-0.15, -0.1) is 10.2 Å². The summed E-state index contributed by atoms with van der Waals surface area (Å²) in [5.41, 5.74) is 0. The van der Waals surface area contributed by atoms with Crippen molar-refractivity contribution in [3.8, 4) is 0 Å². The molecule has 3 heterocycles. The van der Waals surface area contributed by atoms with Crippen molar-refractivity contribution in [3.63, 3.8) is 0 Å². The zero-order valence-electron chi connectivity index (χ0n) is 14.2. The number of carbonyl (C=O) groups is 2. The third kappa shape index (κ3) is 3.03. The van der Waals surface area contributed by atoms with Gasteiger partial charge in [-0.25, -0.2) is 0 Å². The minimum Gasteiger partial charge on any atom is -0.353 e. The van der Waals surface area contributed by atoms with Crippen molar-refractivity contribution >= 4 is 11.8 Å². The van der Waals surface area contributed by atoms with E-state index in [2.05, 4.69) is 20.1 Å². The summed E-state index contributed by atoms with van der Waals surface area (Å²) in [6.45, 7) is 3.90. The van der Waals surface area contributed by atoms with Crippen LogP contribution in [0.2, 0.25) is 0 Å². The summed E-state index contributed by atoms with van der Waals surface area (Å²) < 4.78 is 2.18. The van der Waals surface area contributed by atoms with E-state index < -0.39 is 0 Å². The number of likely N-dealkylation sites (tertiary alicyclic amines) is 1. The van der Waals surface area contributed by atoms with Gasteiger partial charge in [0, 0.05) is 44.9 Å². The van der Waals surface area contributed by atoms with E-state index in [9.17, 15) is 9.59 Å². The highest BCUT2D eigenvalue weighted by atomic mass is 16.2. The molecule has 1 atom stereocenters. The number of nitrogens with one attached hydrogen (secondary N) is 1. The van der Waals surface area contributed by atoms with Crippen molar-refractivity contribution in [2.75, 3.05) is 13.1 Å². The van der Waals surface area contributed by atoms with E-state index in [-0.39, 0.29) is 17.7 Å². The lowest BCUT2D eigenvalue weighted by atomic mass is 9.94. The van der Waals surface area contributed by atoms with Crippen LogP contribution in [0.4, 0.5) is 0 Å². The van der Waals surface area contributed by atoms with E-state index in [1.54, 1.807) is 6.92 Å². The number of hydrogen-bond acceptors (Lipinski definition) is 4. The predicted octanol–water partition coefficient (Wildman–Crippen LogP) is 0.845. The Morgan fingerprint density at radius 2 is 1.83 bits per heavy atom. The highest BCUT2D eigenvalue weighted by molar-refractivity contribution is 5.79. The summed E-state index contributed by atoms with van der Waals surface area (Å²) >= 11 is 0. The average molecular weight is 331 g/mol. The standard InChI is InChI=1S/C17H25N5O2/c1-11(23)21-8-6-12(7-9-21)16-20-19-15-5-2-13(10-22(15)16)17(24)18-14-3-4-14/h12-14H,2-10H2,1H3,(H,18,24).